The van der Waals surface area contributed by atoms with Gasteiger partial charge in [-0.3, -0.25) is 0 Å². The van der Waals surface area contributed by atoms with E-state index >= 15 is 0 Å². The second kappa shape index (κ2) is 4.85. The summed E-state index contributed by atoms with van der Waals surface area (Å²) in [6, 6.07) is 4.21. The average molecular weight is 398 g/mol. The lowest BCUT2D eigenvalue weighted by molar-refractivity contribution is -0.0226. The third-order valence-electron chi connectivity index (χ3n) is 6.74. The molecule has 0 bridgehead atoms. The number of benzene rings is 1. The van der Waals surface area contributed by atoms with E-state index in [-0.39, 0.29) is 11.5 Å². The first-order valence-electron chi connectivity index (χ1n) is 8.20. The van der Waals surface area contributed by atoms with Gasteiger partial charge in [0, 0.05) is 0 Å². The molecule has 0 spiro atoms. The Labute approximate surface area is 140 Å². The van der Waals surface area contributed by atoms with Crippen LogP contribution in [0.3, 0.4) is 0 Å². The Morgan fingerprint density at radius 1 is 1.19 bits per heavy atom. The van der Waals surface area contributed by atoms with Gasteiger partial charge in [0.2, 0.25) is 0 Å². The topological polar surface area (TPSA) is 40.5 Å². The number of halogens is 1. The molecule has 1 aromatic rings. The van der Waals surface area contributed by atoms with Crippen LogP contribution in [-0.2, 0) is 6.42 Å². The molecule has 0 aliphatic heterocycles. The molecule has 0 saturated heterocycles. The Bertz CT molecular complexity index is 585. The predicted octanol–water partition coefficient (Wildman–Crippen LogP) is 4.21. The lowest BCUT2D eigenvalue weighted by Gasteiger charge is -2.50. The summed E-state index contributed by atoms with van der Waals surface area (Å²) >= 11 is 2.24. The predicted molar refractivity (Wildman–Crippen MR) is 91.4 cm³/mol. The number of hydrogen-bond donors (Lipinski definition) is 2. The fourth-order valence-corrected chi connectivity index (χ4v) is 6.04. The van der Waals surface area contributed by atoms with Crippen LogP contribution in [0.4, 0.5) is 0 Å². The van der Waals surface area contributed by atoms with Gasteiger partial charge in [0.05, 0.1) is 9.67 Å². The van der Waals surface area contributed by atoms with Crippen LogP contribution in [0, 0.1) is 20.8 Å². The maximum absolute atomic E-state index is 10.4. The summed E-state index contributed by atoms with van der Waals surface area (Å²) < 4.78 is 0.979. The molecule has 114 valence electrons. The van der Waals surface area contributed by atoms with E-state index in [1.807, 2.05) is 6.07 Å². The van der Waals surface area contributed by atoms with Gasteiger partial charge in [0.25, 0.3) is 0 Å². The third-order valence-corrected chi connectivity index (χ3v) is 7.61. The second-order valence-electron chi connectivity index (χ2n) is 7.56. The van der Waals surface area contributed by atoms with E-state index in [4.69, 9.17) is 0 Å². The summed E-state index contributed by atoms with van der Waals surface area (Å²) in [5, 5.41) is 20.4. The van der Waals surface area contributed by atoms with Crippen LogP contribution in [0.5, 0.6) is 5.75 Å². The summed E-state index contributed by atoms with van der Waals surface area (Å²) in [7, 11) is 0. The number of hydrogen-bond acceptors (Lipinski definition) is 2. The first-order valence-corrected chi connectivity index (χ1v) is 9.28. The van der Waals surface area contributed by atoms with Crippen LogP contribution in [0.25, 0.3) is 0 Å². The van der Waals surface area contributed by atoms with E-state index in [1.165, 1.54) is 30.4 Å². The minimum atomic E-state index is -0.0928. The first-order chi connectivity index (χ1) is 10.0. The van der Waals surface area contributed by atoms with Crippen LogP contribution in [0.1, 0.15) is 56.1 Å². The van der Waals surface area contributed by atoms with E-state index in [2.05, 4.69) is 35.6 Å². The van der Waals surface area contributed by atoms with Gasteiger partial charge in [-0.25, -0.2) is 0 Å². The number of aliphatic hydroxyl groups excluding tert-OH is 1. The molecule has 3 aliphatic rings. The highest BCUT2D eigenvalue weighted by Crippen LogP contribution is 2.61. The smallest absolute Gasteiger partial charge is 0.129 e. The molecule has 5 atom stereocenters. The Morgan fingerprint density at radius 2 is 2.00 bits per heavy atom. The largest absolute Gasteiger partial charge is 0.507 e. The monoisotopic (exact) mass is 398 g/mol. The molecular weight excluding hydrogens is 375 g/mol. The van der Waals surface area contributed by atoms with Gasteiger partial charge in [-0.15, -0.1) is 0 Å². The minimum Gasteiger partial charge on any atom is -0.507 e. The molecule has 1 aromatic carbocycles. The highest BCUT2D eigenvalue weighted by Gasteiger charge is 2.54. The number of phenolic OH excluding ortho intramolecular Hbond substituents is 1. The fraction of sp³-hybridized carbons (Fsp3) is 0.667. The second-order valence-corrected chi connectivity index (χ2v) is 8.72. The standard InChI is InChI=1S/C18H23IO2/c1-18-7-6-11-12(14(18)4-5-17(18)21)3-2-10-8-16(20)15(19)9-13(10)11/h8-9,11-12,14,17,20-21H,2-7H2,1H3/t11-,12+,14-,17+,18-/m0/s1. The molecule has 0 radical (unpaired) electrons. The zero-order valence-corrected chi connectivity index (χ0v) is 14.6. The maximum atomic E-state index is 10.4. The third kappa shape index (κ3) is 1.99. The molecule has 2 saturated carbocycles. The highest BCUT2D eigenvalue weighted by molar-refractivity contribution is 14.1. The number of fused-ring (bicyclic) bond motifs is 5. The van der Waals surface area contributed by atoms with Crippen molar-refractivity contribution in [3.05, 3.63) is 26.8 Å². The lowest BCUT2D eigenvalue weighted by atomic mass is 9.55. The van der Waals surface area contributed by atoms with Crippen molar-refractivity contribution in [3.63, 3.8) is 0 Å². The molecule has 2 fully saturated rings. The lowest BCUT2D eigenvalue weighted by Crippen LogP contribution is -2.43. The summed E-state index contributed by atoms with van der Waals surface area (Å²) in [5.41, 5.74) is 3.00. The Balaban J connectivity index is 1.73. The fourth-order valence-electron chi connectivity index (χ4n) is 5.55. The van der Waals surface area contributed by atoms with Crippen molar-refractivity contribution >= 4 is 22.6 Å². The van der Waals surface area contributed by atoms with Crippen molar-refractivity contribution in [2.24, 2.45) is 17.3 Å². The van der Waals surface area contributed by atoms with Gasteiger partial charge >= 0.3 is 0 Å². The molecule has 3 heteroatoms. The Kier molecular flexibility index (Phi) is 3.31. The molecule has 0 heterocycles. The highest BCUT2D eigenvalue weighted by atomic mass is 127. The van der Waals surface area contributed by atoms with Crippen LogP contribution >= 0.6 is 22.6 Å². The van der Waals surface area contributed by atoms with Crippen molar-refractivity contribution < 1.29 is 10.2 Å². The molecule has 2 nitrogen and oxygen atoms in total. The molecular formula is C18H23IO2. The number of phenols is 1. The molecule has 3 aliphatic carbocycles. The van der Waals surface area contributed by atoms with E-state index in [0.717, 1.165) is 28.8 Å². The normalized spacial score (nSPS) is 41.3. The van der Waals surface area contributed by atoms with Gasteiger partial charge in [0.1, 0.15) is 5.75 Å². The van der Waals surface area contributed by atoms with Crippen molar-refractivity contribution in [1.29, 1.82) is 0 Å². The van der Waals surface area contributed by atoms with Crippen molar-refractivity contribution in [2.75, 3.05) is 0 Å². The van der Waals surface area contributed by atoms with Crippen molar-refractivity contribution in [1.82, 2.24) is 0 Å². The van der Waals surface area contributed by atoms with Crippen LogP contribution in [0.2, 0.25) is 0 Å². The SMILES string of the molecule is C[C@]12CC[C@@H]3c4cc(I)c(O)cc4CC[C@H]3[C@@H]1CC[C@H]2O. The van der Waals surface area contributed by atoms with Crippen LogP contribution in [-0.4, -0.2) is 16.3 Å². The summed E-state index contributed by atoms with van der Waals surface area (Å²) in [6.07, 6.45) is 6.76. The quantitative estimate of drug-likeness (QED) is 0.643. The average Bonchev–Trinajstić information content (AvgIpc) is 2.76. The summed E-state index contributed by atoms with van der Waals surface area (Å²) in [5.74, 6) is 2.50. The van der Waals surface area contributed by atoms with Gasteiger partial charge in [-0.1, -0.05) is 6.92 Å². The maximum Gasteiger partial charge on any atom is 0.129 e. The van der Waals surface area contributed by atoms with Gasteiger partial charge < -0.3 is 10.2 Å². The number of rotatable bonds is 0. The van der Waals surface area contributed by atoms with Crippen molar-refractivity contribution in [2.45, 2.75) is 57.5 Å². The molecule has 0 unspecified atom stereocenters. The van der Waals surface area contributed by atoms with Gasteiger partial charge in [0.15, 0.2) is 0 Å². The Hall–Kier alpha value is -0.290. The van der Waals surface area contributed by atoms with Crippen LogP contribution in [0.15, 0.2) is 12.1 Å². The van der Waals surface area contributed by atoms with E-state index in [9.17, 15) is 10.2 Å². The molecule has 0 amide bonds. The molecule has 0 aromatic heterocycles. The number of aromatic hydroxyl groups is 1. The summed E-state index contributed by atoms with van der Waals surface area (Å²) in [6.45, 7) is 2.32. The van der Waals surface area contributed by atoms with E-state index in [0.29, 0.717) is 17.6 Å². The van der Waals surface area contributed by atoms with Crippen molar-refractivity contribution in [3.8, 4) is 5.75 Å². The zero-order chi connectivity index (χ0) is 14.8. The van der Waals surface area contributed by atoms with E-state index in [1.54, 1.807) is 0 Å². The first kappa shape index (κ1) is 14.3. The van der Waals surface area contributed by atoms with E-state index < -0.39 is 0 Å². The Morgan fingerprint density at radius 3 is 2.81 bits per heavy atom. The molecule has 2 N–H and O–H groups in total. The summed E-state index contributed by atoms with van der Waals surface area (Å²) in [4.78, 5) is 0. The van der Waals surface area contributed by atoms with Gasteiger partial charge in [-0.05, 0) is 108 Å². The minimum absolute atomic E-state index is 0.0928. The molecule has 4 rings (SSSR count). The number of aryl methyl sites for hydroxylation is 1. The number of aliphatic hydroxyl groups is 1. The van der Waals surface area contributed by atoms with Gasteiger partial charge in [-0.2, -0.15) is 0 Å². The van der Waals surface area contributed by atoms with Crippen LogP contribution < -0.4 is 0 Å². The molecule has 21 heavy (non-hydrogen) atoms. The zero-order valence-electron chi connectivity index (χ0n) is 12.5.